The van der Waals surface area contributed by atoms with Crippen molar-refractivity contribution in [3.8, 4) is 0 Å². The predicted molar refractivity (Wildman–Crippen MR) is 115 cm³/mol. The smallest absolute Gasteiger partial charge is 0.261 e. The molecule has 2 N–H and O–H groups in total. The molecule has 1 heterocycles. The van der Waals surface area contributed by atoms with Crippen LogP contribution in [0.1, 0.15) is 39.1 Å². The van der Waals surface area contributed by atoms with Gasteiger partial charge < -0.3 is 10.6 Å². The molecule has 0 spiro atoms. The van der Waals surface area contributed by atoms with Crippen LogP contribution in [0.25, 0.3) is 0 Å². The van der Waals surface area contributed by atoms with Crippen molar-refractivity contribution in [2.45, 2.75) is 19.3 Å². The van der Waals surface area contributed by atoms with E-state index in [0.717, 1.165) is 10.0 Å². The van der Waals surface area contributed by atoms with Crippen molar-refractivity contribution in [1.82, 2.24) is 15.5 Å². The van der Waals surface area contributed by atoms with Gasteiger partial charge >= 0.3 is 0 Å². The highest BCUT2D eigenvalue weighted by Crippen LogP contribution is 2.26. The van der Waals surface area contributed by atoms with Crippen LogP contribution in [0, 0.1) is 0 Å². The quantitative estimate of drug-likeness (QED) is 0.433. The first-order valence-corrected chi connectivity index (χ1v) is 10.5. The molecule has 0 aromatic heterocycles. The molecule has 7 nitrogen and oxygen atoms in total. The molecule has 0 fully saturated rings. The monoisotopic (exact) mass is 471 g/mol. The molecule has 0 aliphatic carbocycles. The van der Waals surface area contributed by atoms with E-state index in [1.54, 1.807) is 18.2 Å². The second-order valence-electron chi connectivity index (χ2n) is 6.92. The van der Waals surface area contributed by atoms with Gasteiger partial charge in [-0.05, 0) is 30.2 Å². The number of benzene rings is 2. The Morgan fingerprint density at radius 1 is 0.867 bits per heavy atom. The van der Waals surface area contributed by atoms with Crippen LogP contribution in [-0.2, 0) is 16.0 Å². The van der Waals surface area contributed by atoms with Crippen molar-refractivity contribution in [3.05, 3.63) is 69.7 Å². The van der Waals surface area contributed by atoms with Crippen LogP contribution >= 0.6 is 15.9 Å². The maximum Gasteiger partial charge on any atom is 0.261 e. The van der Waals surface area contributed by atoms with Crippen molar-refractivity contribution in [2.75, 3.05) is 19.6 Å². The summed E-state index contributed by atoms with van der Waals surface area (Å²) in [4.78, 5) is 49.7. The van der Waals surface area contributed by atoms with Crippen molar-refractivity contribution in [3.63, 3.8) is 0 Å². The zero-order valence-electron chi connectivity index (χ0n) is 16.3. The Morgan fingerprint density at radius 3 is 2.27 bits per heavy atom. The third-order valence-corrected chi connectivity index (χ3v) is 5.19. The van der Waals surface area contributed by atoms with Gasteiger partial charge in [0, 0.05) is 30.5 Å². The summed E-state index contributed by atoms with van der Waals surface area (Å²) in [6.45, 7) is 0.844. The summed E-state index contributed by atoms with van der Waals surface area (Å²) < 4.78 is 0.736. The largest absolute Gasteiger partial charge is 0.354 e. The highest BCUT2D eigenvalue weighted by molar-refractivity contribution is 9.10. The first-order chi connectivity index (χ1) is 14.5. The zero-order chi connectivity index (χ0) is 21.5. The topological polar surface area (TPSA) is 95.6 Å². The van der Waals surface area contributed by atoms with E-state index in [4.69, 9.17) is 0 Å². The minimum Gasteiger partial charge on any atom is -0.354 e. The molecule has 156 valence electrons. The van der Waals surface area contributed by atoms with Crippen LogP contribution < -0.4 is 10.6 Å². The van der Waals surface area contributed by atoms with Crippen LogP contribution in [0.15, 0.2) is 53.0 Å². The van der Waals surface area contributed by atoms with Gasteiger partial charge in [-0.2, -0.15) is 0 Å². The number of nitrogens with zero attached hydrogens (tertiary/aromatic N) is 1. The van der Waals surface area contributed by atoms with Gasteiger partial charge in [0.1, 0.15) is 0 Å². The number of amides is 4. The number of hydrogen-bond donors (Lipinski definition) is 2. The summed E-state index contributed by atoms with van der Waals surface area (Å²) in [5, 5.41) is 5.48. The number of carbonyl (C=O) groups excluding carboxylic acids is 4. The van der Waals surface area contributed by atoms with Crippen molar-refractivity contribution in [2.24, 2.45) is 0 Å². The van der Waals surface area contributed by atoms with Crippen LogP contribution in [0.2, 0.25) is 0 Å². The van der Waals surface area contributed by atoms with E-state index in [-0.39, 0.29) is 36.6 Å². The van der Waals surface area contributed by atoms with Crippen LogP contribution in [-0.4, -0.2) is 48.2 Å². The Bertz CT molecular complexity index is 962. The lowest BCUT2D eigenvalue weighted by atomic mass is 10.1. The lowest BCUT2D eigenvalue weighted by molar-refractivity contribution is -0.122. The first kappa shape index (κ1) is 21.7. The van der Waals surface area contributed by atoms with Crippen molar-refractivity contribution >= 4 is 39.6 Å². The van der Waals surface area contributed by atoms with Gasteiger partial charge in [0.25, 0.3) is 11.8 Å². The number of nitrogens with one attached hydrogen (secondary N) is 2. The average molecular weight is 472 g/mol. The lowest BCUT2D eigenvalue weighted by Crippen LogP contribution is -2.36. The van der Waals surface area contributed by atoms with Gasteiger partial charge in [-0.3, -0.25) is 24.1 Å². The molecule has 0 radical (unpaired) electrons. The highest BCUT2D eigenvalue weighted by atomic mass is 79.9. The standard InChI is InChI=1S/C22H22BrN3O4/c23-16-8-9-17-18(14-16)22(30)26(21(17)29)12-4-7-19(27)24-10-11-25-20(28)13-15-5-2-1-3-6-15/h1-3,5-6,8-9,14H,4,7,10-13H2,(H,24,27)(H,25,28). The minimum absolute atomic E-state index is 0.104. The minimum atomic E-state index is -0.335. The number of rotatable bonds is 9. The second kappa shape index (κ2) is 10.2. The number of halogens is 1. The Morgan fingerprint density at radius 2 is 1.53 bits per heavy atom. The Balaban J connectivity index is 1.32. The molecule has 30 heavy (non-hydrogen) atoms. The summed E-state index contributed by atoms with van der Waals surface area (Å²) in [7, 11) is 0. The van der Waals surface area contributed by atoms with E-state index in [1.807, 2.05) is 30.3 Å². The van der Waals surface area contributed by atoms with Crippen LogP contribution in [0.5, 0.6) is 0 Å². The summed E-state index contributed by atoms with van der Waals surface area (Å²) >= 11 is 3.30. The molecule has 2 aromatic rings. The molecular formula is C22H22BrN3O4. The molecular weight excluding hydrogens is 450 g/mol. The zero-order valence-corrected chi connectivity index (χ0v) is 17.9. The fourth-order valence-electron chi connectivity index (χ4n) is 3.20. The van der Waals surface area contributed by atoms with Crippen LogP contribution in [0.3, 0.4) is 0 Å². The third-order valence-electron chi connectivity index (χ3n) is 4.70. The van der Waals surface area contributed by atoms with E-state index >= 15 is 0 Å². The highest BCUT2D eigenvalue weighted by Gasteiger charge is 2.35. The number of hydrogen-bond acceptors (Lipinski definition) is 4. The molecule has 1 aliphatic heterocycles. The van der Waals surface area contributed by atoms with E-state index in [1.165, 1.54) is 4.90 Å². The molecule has 1 aliphatic rings. The fraction of sp³-hybridized carbons (Fsp3) is 0.273. The van der Waals surface area contributed by atoms with Crippen LogP contribution in [0.4, 0.5) is 0 Å². The SMILES string of the molecule is O=C(CCCN1C(=O)c2ccc(Br)cc2C1=O)NCCNC(=O)Cc1ccccc1. The Hall–Kier alpha value is -3.00. The summed E-state index contributed by atoms with van der Waals surface area (Å²) in [5.41, 5.74) is 1.70. The molecule has 0 bridgehead atoms. The predicted octanol–water partition coefficient (Wildman–Crippen LogP) is 2.30. The van der Waals surface area contributed by atoms with E-state index in [9.17, 15) is 19.2 Å². The maximum absolute atomic E-state index is 12.4. The fourth-order valence-corrected chi connectivity index (χ4v) is 3.56. The average Bonchev–Trinajstić information content (AvgIpc) is 2.96. The molecule has 4 amide bonds. The first-order valence-electron chi connectivity index (χ1n) is 9.69. The molecule has 0 unspecified atom stereocenters. The van der Waals surface area contributed by atoms with Gasteiger partial charge in [0.15, 0.2) is 0 Å². The Labute approximate surface area is 183 Å². The van der Waals surface area contributed by atoms with Gasteiger partial charge in [0.05, 0.1) is 17.5 Å². The molecule has 8 heteroatoms. The molecule has 0 atom stereocenters. The van der Waals surface area contributed by atoms with E-state index < -0.39 is 0 Å². The summed E-state index contributed by atoms with van der Waals surface area (Å²) in [6, 6.07) is 14.4. The van der Waals surface area contributed by atoms with Crippen molar-refractivity contribution < 1.29 is 19.2 Å². The molecule has 3 rings (SSSR count). The molecule has 0 saturated carbocycles. The third kappa shape index (κ3) is 5.54. The van der Waals surface area contributed by atoms with Gasteiger partial charge in [-0.1, -0.05) is 46.3 Å². The Kier molecular flexibility index (Phi) is 7.35. The molecule has 2 aromatic carbocycles. The van der Waals surface area contributed by atoms with Gasteiger partial charge in [0.2, 0.25) is 11.8 Å². The normalized spacial score (nSPS) is 12.6. The second-order valence-corrected chi connectivity index (χ2v) is 7.83. The van der Waals surface area contributed by atoms with Gasteiger partial charge in [-0.15, -0.1) is 0 Å². The molecule has 0 saturated heterocycles. The van der Waals surface area contributed by atoms with Crippen molar-refractivity contribution in [1.29, 1.82) is 0 Å². The van der Waals surface area contributed by atoms with Gasteiger partial charge in [-0.25, -0.2) is 0 Å². The maximum atomic E-state index is 12.4. The number of carbonyl (C=O) groups is 4. The van der Waals surface area contributed by atoms with E-state index in [0.29, 0.717) is 37.1 Å². The summed E-state index contributed by atoms with van der Waals surface area (Å²) in [6.07, 6.45) is 0.861. The van der Waals surface area contributed by atoms with E-state index in [2.05, 4.69) is 26.6 Å². The summed E-state index contributed by atoms with van der Waals surface area (Å²) in [5.74, 6) is -0.957. The lowest BCUT2D eigenvalue weighted by Gasteiger charge is -2.13. The number of imide groups is 1. The number of fused-ring (bicyclic) bond motifs is 1.